The van der Waals surface area contributed by atoms with Crippen molar-refractivity contribution < 1.29 is 14.3 Å². The van der Waals surface area contributed by atoms with Gasteiger partial charge in [0.2, 0.25) is 5.91 Å². The third kappa shape index (κ3) is 4.65. The Balaban J connectivity index is 1.54. The van der Waals surface area contributed by atoms with Gasteiger partial charge in [-0.15, -0.1) is 0 Å². The number of carbonyl (C=O) groups is 2. The van der Waals surface area contributed by atoms with Crippen LogP contribution in [0.15, 0.2) is 54.6 Å². The highest BCUT2D eigenvalue weighted by Gasteiger charge is 2.27. The molecule has 1 fully saturated rings. The second kappa shape index (κ2) is 8.68. The molecule has 6 nitrogen and oxygen atoms in total. The Bertz CT molecular complexity index is 786. The van der Waals surface area contributed by atoms with Crippen LogP contribution in [0.1, 0.15) is 15.9 Å². The van der Waals surface area contributed by atoms with E-state index in [1.165, 1.54) is 0 Å². The molecule has 2 amide bonds. The lowest BCUT2D eigenvalue weighted by Crippen LogP contribution is -2.54. The Morgan fingerprint density at radius 2 is 1.67 bits per heavy atom. The van der Waals surface area contributed by atoms with Crippen molar-refractivity contribution in [3.8, 4) is 5.75 Å². The number of benzene rings is 2. The quantitative estimate of drug-likeness (QED) is 0.870. The summed E-state index contributed by atoms with van der Waals surface area (Å²) in [7, 11) is 1.58. The average Bonchev–Trinajstić information content (AvgIpc) is 2.73. The Kier molecular flexibility index (Phi) is 6.08. The third-order valence-electron chi connectivity index (χ3n) is 4.81. The normalized spacial score (nSPS) is 15.3. The van der Waals surface area contributed by atoms with Crippen molar-refractivity contribution in [2.75, 3.05) is 33.3 Å². The fourth-order valence-corrected chi connectivity index (χ4v) is 3.26. The van der Waals surface area contributed by atoms with E-state index in [9.17, 15) is 9.59 Å². The summed E-state index contributed by atoms with van der Waals surface area (Å²) in [5, 5.41) is 0. The van der Waals surface area contributed by atoms with Crippen molar-refractivity contribution in [3.05, 3.63) is 65.7 Å². The molecule has 3 rings (SSSR count). The molecule has 142 valence electrons. The lowest BCUT2D eigenvalue weighted by atomic mass is 10.1. The standard InChI is InChI=1S/C21H25N3O3/c1-27-18-9-5-8-17(15-18)20(25)23-10-12-24(13-11-23)21(26)19(22)14-16-6-3-2-4-7-16/h2-9,15,19H,10-14,22H2,1H3. The summed E-state index contributed by atoms with van der Waals surface area (Å²) in [6.45, 7) is 1.99. The van der Waals surface area contributed by atoms with Crippen LogP contribution in [-0.2, 0) is 11.2 Å². The van der Waals surface area contributed by atoms with Gasteiger partial charge in [-0.3, -0.25) is 9.59 Å². The second-order valence-electron chi connectivity index (χ2n) is 6.65. The highest BCUT2D eigenvalue weighted by atomic mass is 16.5. The molecule has 1 heterocycles. The van der Waals surface area contributed by atoms with Crippen LogP contribution in [0.25, 0.3) is 0 Å². The summed E-state index contributed by atoms with van der Waals surface area (Å²) in [5.74, 6) is 0.545. The highest BCUT2D eigenvalue weighted by molar-refractivity contribution is 5.94. The number of nitrogens with two attached hydrogens (primary N) is 1. The SMILES string of the molecule is COc1cccc(C(=O)N2CCN(C(=O)C(N)Cc3ccccc3)CC2)c1. The summed E-state index contributed by atoms with van der Waals surface area (Å²) in [6.07, 6.45) is 0.516. The maximum atomic E-state index is 12.7. The predicted octanol–water partition coefficient (Wildman–Crippen LogP) is 1.55. The molecule has 0 spiro atoms. The molecule has 1 aliphatic rings. The zero-order valence-electron chi connectivity index (χ0n) is 15.5. The molecule has 1 saturated heterocycles. The van der Waals surface area contributed by atoms with E-state index in [-0.39, 0.29) is 11.8 Å². The van der Waals surface area contributed by atoms with E-state index in [1.54, 1.807) is 35.1 Å². The molecule has 1 aliphatic heterocycles. The molecule has 1 atom stereocenters. The zero-order valence-corrected chi connectivity index (χ0v) is 15.5. The van der Waals surface area contributed by atoms with Gasteiger partial charge < -0.3 is 20.3 Å². The minimum atomic E-state index is -0.562. The van der Waals surface area contributed by atoms with Gasteiger partial charge in [-0.25, -0.2) is 0 Å². The lowest BCUT2D eigenvalue weighted by molar-refractivity contribution is -0.134. The van der Waals surface area contributed by atoms with Gasteiger partial charge in [-0.05, 0) is 30.2 Å². The Morgan fingerprint density at radius 3 is 2.33 bits per heavy atom. The summed E-state index contributed by atoms with van der Waals surface area (Å²) < 4.78 is 5.18. The maximum Gasteiger partial charge on any atom is 0.254 e. The first kappa shape index (κ1) is 18.9. The number of carbonyl (C=O) groups excluding carboxylic acids is 2. The van der Waals surface area contributed by atoms with Crippen LogP contribution in [-0.4, -0.2) is 60.9 Å². The van der Waals surface area contributed by atoms with Crippen LogP contribution >= 0.6 is 0 Å². The van der Waals surface area contributed by atoms with Crippen LogP contribution in [0.5, 0.6) is 5.75 Å². The zero-order chi connectivity index (χ0) is 19.2. The Labute approximate surface area is 159 Å². The van der Waals surface area contributed by atoms with Crippen molar-refractivity contribution in [2.24, 2.45) is 5.73 Å². The van der Waals surface area contributed by atoms with Gasteiger partial charge in [0.1, 0.15) is 5.75 Å². The summed E-state index contributed by atoms with van der Waals surface area (Å²) in [6, 6.07) is 16.3. The number of rotatable bonds is 5. The average molecular weight is 367 g/mol. The van der Waals surface area contributed by atoms with Crippen molar-refractivity contribution in [1.29, 1.82) is 0 Å². The summed E-state index contributed by atoms with van der Waals surface area (Å²) in [4.78, 5) is 28.8. The van der Waals surface area contributed by atoms with E-state index in [1.807, 2.05) is 36.4 Å². The van der Waals surface area contributed by atoms with E-state index < -0.39 is 6.04 Å². The van der Waals surface area contributed by atoms with Crippen LogP contribution in [0.4, 0.5) is 0 Å². The first-order valence-electron chi connectivity index (χ1n) is 9.10. The van der Waals surface area contributed by atoms with Crippen molar-refractivity contribution >= 4 is 11.8 Å². The molecule has 1 unspecified atom stereocenters. The van der Waals surface area contributed by atoms with Gasteiger partial charge >= 0.3 is 0 Å². The number of nitrogens with zero attached hydrogens (tertiary/aromatic N) is 2. The molecule has 0 saturated carbocycles. The number of ether oxygens (including phenoxy) is 1. The second-order valence-corrected chi connectivity index (χ2v) is 6.65. The number of hydrogen-bond acceptors (Lipinski definition) is 4. The number of hydrogen-bond donors (Lipinski definition) is 1. The monoisotopic (exact) mass is 367 g/mol. The molecule has 0 radical (unpaired) electrons. The molecule has 0 aliphatic carbocycles. The topological polar surface area (TPSA) is 75.9 Å². The predicted molar refractivity (Wildman–Crippen MR) is 104 cm³/mol. The van der Waals surface area contributed by atoms with Gasteiger partial charge in [-0.1, -0.05) is 36.4 Å². The van der Waals surface area contributed by atoms with Gasteiger partial charge in [0.05, 0.1) is 13.2 Å². The van der Waals surface area contributed by atoms with Crippen LogP contribution in [0.3, 0.4) is 0 Å². The Hall–Kier alpha value is -2.86. The molecule has 2 aromatic rings. The summed E-state index contributed by atoms with van der Waals surface area (Å²) in [5.41, 5.74) is 7.75. The van der Waals surface area contributed by atoms with Crippen molar-refractivity contribution in [3.63, 3.8) is 0 Å². The van der Waals surface area contributed by atoms with E-state index in [2.05, 4.69) is 0 Å². The maximum absolute atomic E-state index is 12.7. The number of piperazine rings is 1. The summed E-state index contributed by atoms with van der Waals surface area (Å²) >= 11 is 0. The molecule has 0 bridgehead atoms. The minimum Gasteiger partial charge on any atom is -0.497 e. The van der Waals surface area contributed by atoms with E-state index in [4.69, 9.17) is 10.5 Å². The molecule has 0 aromatic heterocycles. The molecule has 6 heteroatoms. The van der Waals surface area contributed by atoms with Crippen LogP contribution < -0.4 is 10.5 Å². The van der Waals surface area contributed by atoms with Crippen molar-refractivity contribution in [2.45, 2.75) is 12.5 Å². The number of methoxy groups -OCH3 is 1. The smallest absolute Gasteiger partial charge is 0.254 e. The third-order valence-corrected chi connectivity index (χ3v) is 4.81. The van der Waals surface area contributed by atoms with Crippen LogP contribution in [0.2, 0.25) is 0 Å². The lowest BCUT2D eigenvalue weighted by Gasteiger charge is -2.36. The molecule has 2 aromatic carbocycles. The highest BCUT2D eigenvalue weighted by Crippen LogP contribution is 2.16. The first-order chi connectivity index (χ1) is 13.1. The van der Waals surface area contributed by atoms with E-state index >= 15 is 0 Å². The van der Waals surface area contributed by atoms with Gasteiger partial charge in [-0.2, -0.15) is 0 Å². The van der Waals surface area contributed by atoms with Crippen LogP contribution in [0, 0.1) is 0 Å². The van der Waals surface area contributed by atoms with E-state index in [0.717, 1.165) is 5.56 Å². The van der Waals surface area contributed by atoms with Gasteiger partial charge in [0, 0.05) is 31.7 Å². The van der Waals surface area contributed by atoms with Gasteiger partial charge in [0.25, 0.3) is 5.91 Å². The molecular formula is C21H25N3O3. The Morgan fingerprint density at radius 1 is 1.00 bits per heavy atom. The molecule has 2 N–H and O–H groups in total. The fourth-order valence-electron chi connectivity index (χ4n) is 3.26. The largest absolute Gasteiger partial charge is 0.497 e. The van der Waals surface area contributed by atoms with Gasteiger partial charge in [0.15, 0.2) is 0 Å². The number of amides is 2. The minimum absolute atomic E-state index is 0.0467. The fraction of sp³-hybridized carbons (Fsp3) is 0.333. The molecule has 27 heavy (non-hydrogen) atoms. The van der Waals surface area contributed by atoms with E-state index in [0.29, 0.717) is 43.9 Å². The van der Waals surface area contributed by atoms with Crippen molar-refractivity contribution in [1.82, 2.24) is 9.80 Å². The molecular weight excluding hydrogens is 342 g/mol. The first-order valence-corrected chi connectivity index (χ1v) is 9.10.